The van der Waals surface area contributed by atoms with Crippen LogP contribution in [0.5, 0.6) is 17.2 Å². The summed E-state index contributed by atoms with van der Waals surface area (Å²) < 4.78 is 30.6. The first-order valence-electron chi connectivity index (χ1n) is 11.1. The molecule has 8 nitrogen and oxygen atoms in total. The molecular formula is C27H21FN2O6S. The number of aromatic nitrogens is 1. The largest absolute Gasteiger partial charge is 0.507 e. The number of fused-ring (bicyclic) bond motifs is 1. The lowest BCUT2D eigenvalue weighted by Crippen LogP contribution is -2.29. The second-order valence-electron chi connectivity index (χ2n) is 8.09. The Balaban J connectivity index is 1.77. The van der Waals surface area contributed by atoms with Gasteiger partial charge in [-0.05, 0) is 48.5 Å². The molecule has 10 heteroatoms. The van der Waals surface area contributed by atoms with Crippen molar-refractivity contribution >= 4 is 44.1 Å². The number of aliphatic hydroxyl groups is 1. The van der Waals surface area contributed by atoms with Crippen molar-refractivity contribution in [3.8, 4) is 17.2 Å². The number of halogens is 1. The average Bonchev–Trinajstić information content (AvgIpc) is 3.45. The van der Waals surface area contributed by atoms with E-state index in [4.69, 9.17) is 14.2 Å². The Labute approximate surface area is 215 Å². The number of para-hydroxylation sites is 1. The molecule has 0 aliphatic carbocycles. The quantitative estimate of drug-likeness (QED) is 0.215. The standard InChI is InChI=1S/C27H21FN2O6S/c1-34-16-10-7-14(8-11-16)23(31)21-22(17-5-4-6-19(35-2)25(17)36-3)30(26(33)24(21)32)27-29-18-12-9-15(28)13-20(18)37-27/h4-13,22,31H,1-3H3/t22-/m0/s1. The van der Waals surface area contributed by atoms with Crippen LogP contribution >= 0.6 is 11.3 Å². The lowest BCUT2D eigenvalue weighted by atomic mass is 9.94. The van der Waals surface area contributed by atoms with Crippen LogP contribution in [0.25, 0.3) is 16.0 Å². The molecule has 1 aromatic heterocycles. The molecule has 0 bridgehead atoms. The molecule has 3 aromatic carbocycles. The van der Waals surface area contributed by atoms with Crippen molar-refractivity contribution in [2.24, 2.45) is 0 Å². The first-order valence-corrected chi connectivity index (χ1v) is 11.9. The van der Waals surface area contributed by atoms with Gasteiger partial charge in [-0.15, -0.1) is 0 Å². The van der Waals surface area contributed by atoms with Gasteiger partial charge >= 0.3 is 5.91 Å². The number of thiazole rings is 1. The van der Waals surface area contributed by atoms with Crippen molar-refractivity contribution in [3.63, 3.8) is 0 Å². The van der Waals surface area contributed by atoms with E-state index in [0.29, 0.717) is 32.8 Å². The van der Waals surface area contributed by atoms with E-state index in [1.165, 1.54) is 44.4 Å². The van der Waals surface area contributed by atoms with Crippen molar-refractivity contribution in [3.05, 3.63) is 83.2 Å². The van der Waals surface area contributed by atoms with Gasteiger partial charge in [0.2, 0.25) is 0 Å². The molecule has 0 spiro atoms. The molecule has 4 aromatic rings. The van der Waals surface area contributed by atoms with E-state index >= 15 is 0 Å². The van der Waals surface area contributed by atoms with Gasteiger partial charge in [-0.25, -0.2) is 9.37 Å². The Morgan fingerprint density at radius 2 is 1.76 bits per heavy atom. The van der Waals surface area contributed by atoms with Crippen molar-refractivity contribution < 1.29 is 33.3 Å². The lowest BCUT2D eigenvalue weighted by molar-refractivity contribution is -0.132. The predicted molar refractivity (Wildman–Crippen MR) is 137 cm³/mol. The molecule has 2 heterocycles. The Morgan fingerprint density at radius 3 is 2.43 bits per heavy atom. The fourth-order valence-electron chi connectivity index (χ4n) is 4.35. The summed E-state index contributed by atoms with van der Waals surface area (Å²) in [5.41, 5.74) is 1.04. The summed E-state index contributed by atoms with van der Waals surface area (Å²) in [7, 11) is 4.43. The molecule has 1 aliphatic rings. The summed E-state index contributed by atoms with van der Waals surface area (Å²) in [5.74, 6) is -1.38. The van der Waals surface area contributed by atoms with Gasteiger partial charge in [0, 0.05) is 11.1 Å². The third kappa shape index (κ3) is 4.05. The number of methoxy groups -OCH3 is 3. The smallest absolute Gasteiger partial charge is 0.301 e. The number of anilines is 1. The number of benzene rings is 3. The summed E-state index contributed by atoms with van der Waals surface area (Å²) in [6.07, 6.45) is 0. The third-order valence-electron chi connectivity index (χ3n) is 6.08. The van der Waals surface area contributed by atoms with E-state index in [2.05, 4.69) is 4.98 Å². The molecule has 1 N–H and O–H groups in total. The molecule has 0 saturated carbocycles. The molecule has 5 rings (SSSR count). The zero-order chi connectivity index (χ0) is 26.3. The number of hydrogen-bond donors (Lipinski definition) is 1. The Hall–Kier alpha value is -4.44. The maximum absolute atomic E-state index is 13.9. The summed E-state index contributed by atoms with van der Waals surface area (Å²) in [4.78, 5) is 32.6. The number of amides is 1. The van der Waals surface area contributed by atoms with Crippen LogP contribution in [0.2, 0.25) is 0 Å². The van der Waals surface area contributed by atoms with E-state index < -0.39 is 23.5 Å². The predicted octanol–water partition coefficient (Wildman–Crippen LogP) is 5.09. The van der Waals surface area contributed by atoms with Crippen LogP contribution in [0, 0.1) is 5.82 Å². The van der Waals surface area contributed by atoms with Crippen LogP contribution in [0.15, 0.2) is 66.2 Å². The van der Waals surface area contributed by atoms with E-state index in [9.17, 15) is 19.1 Å². The monoisotopic (exact) mass is 520 g/mol. The van der Waals surface area contributed by atoms with Gasteiger partial charge in [0.1, 0.15) is 23.4 Å². The number of hydrogen-bond acceptors (Lipinski definition) is 8. The maximum atomic E-state index is 13.9. The van der Waals surface area contributed by atoms with Gasteiger partial charge in [0.15, 0.2) is 16.6 Å². The first-order chi connectivity index (χ1) is 17.9. The molecular weight excluding hydrogens is 499 g/mol. The molecule has 0 radical (unpaired) electrons. The minimum absolute atomic E-state index is 0.146. The highest BCUT2D eigenvalue weighted by Crippen LogP contribution is 2.48. The SMILES string of the molecule is COc1ccc(C(O)=C2C(=O)C(=O)N(c3nc4ccc(F)cc4s3)[C@H]2c2cccc(OC)c2OC)cc1. The maximum Gasteiger partial charge on any atom is 0.301 e. The molecule has 1 atom stereocenters. The van der Waals surface area contributed by atoms with Crippen LogP contribution < -0.4 is 19.1 Å². The molecule has 1 amide bonds. The Morgan fingerprint density at radius 1 is 1.00 bits per heavy atom. The summed E-state index contributed by atoms with van der Waals surface area (Å²) in [5, 5.41) is 11.5. The van der Waals surface area contributed by atoms with Crippen LogP contribution in [0.1, 0.15) is 17.2 Å². The number of aliphatic hydroxyl groups excluding tert-OH is 1. The minimum Gasteiger partial charge on any atom is -0.507 e. The fourth-order valence-corrected chi connectivity index (χ4v) is 5.36. The summed E-state index contributed by atoms with van der Waals surface area (Å²) in [6.45, 7) is 0. The van der Waals surface area contributed by atoms with E-state index in [0.717, 1.165) is 11.3 Å². The fraction of sp³-hybridized carbons (Fsp3) is 0.148. The highest BCUT2D eigenvalue weighted by atomic mass is 32.1. The molecule has 1 fully saturated rings. The minimum atomic E-state index is -1.10. The number of ether oxygens (including phenoxy) is 3. The second-order valence-corrected chi connectivity index (χ2v) is 9.10. The highest BCUT2D eigenvalue weighted by molar-refractivity contribution is 7.22. The molecule has 37 heavy (non-hydrogen) atoms. The number of carbonyl (C=O) groups is 2. The van der Waals surface area contributed by atoms with E-state index in [1.54, 1.807) is 42.5 Å². The van der Waals surface area contributed by atoms with Gasteiger partial charge in [0.05, 0.1) is 37.1 Å². The Bertz CT molecular complexity index is 1560. The number of ketones is 1. The molecule has 1 saturated heterocycles. The number of rotatable bonds is 6. The van der Waals surface area contributed by atoms with Crippen LogP contribution in [-0.2, 0) is 9.59 Å². The Kier molecular flexibility index (Phi) is 6.26. The van der Waals surface area contributed by atoms with Crippen LogP contribution in [0.3, 0.4) is 0 Å². The van der Waals surface area contributed by atoms with Crippen molar-refractivity contribution in [2.75, 3.05) is 26.2 Å². The first kappa shape index (κ1) is 24.3. The second kappa shape index (κ2) is 9.55. The highest BCUT2D eigenvalue weighted by Gasteiger charge is 2.49. The number of nitrogens with zero attached hydrogens (tertiary/aromatic N) is 2. The van der Waals surface area contributed by atoms with Crippen LogP contribution in [-0.4, -0.2) is 43.1 Å². The van der Waals surface area contributed by atoms with Gasteiger partial charge in [-0.3, -0.25) is 14.5 Å². The van der Waals surface area contributed by atoms with Crippen molar-refractivity contribution in [2.45, 2.75) is 6.04 Å². The normalized spacial score (nSPS) is 16.9. The zero-order valence-electron chi connectivity index (χ0n) is 20.0. The summed E-state index contributed by atoms with van der Waals surface area (Å²) >= 11 is 1.06. The van der Waals surface area contributed by atoms with E-state index in [-0.39, 0.29) is 22.2 Å². The van der Waals surface area contributed by atoms with Gasteiger partial charge < -0.3 is 19.3 Å². The summed E-state index contributed by atoms with van der Waals surface area (Å²) in [6, 6.07) is 14.5. The van der Waals surface area contributed by atoms with E-state index in [1.807, 2.05) is 0 Å². The van der Waals surface area contributed by atoms with Gasteiger partial charge in [-0.2, -0.15) is 0 Å². The van der Waals surface area contributed by atoms with Crippen LogP contribution in [0.4, 0.5) is 9.52 Å². The molecule has 188 valence electrons. The molecule has 0 unspecified atom stereocenters. The number of Topliss-reactive ketones (excluding diaryl/α,β-unsaturated/α-hetero) is 1. The number of carbonyl (C=O) groups excluding carboxylic acids is 2. The molecule has 1 aliphatic heterocycles. The third-order valence-corrected chi connectivity index (χ3v) is 7.10. The lowest BCUT2D eigenvalue weighted by Gasteiger charge is -2.25. The van der Waals surface area contributed by atoms with Crippen molar-refractivity contribution in [1.82, 2.24) is 4.98 Å². The average molecular weight is 521 g/mol. The van der Waals surface area contributed by atoms with Gasteiger partial charge in [0.25, 0.3) is 5.78 Å². The zero-order valence-corrected chi connectivity index (χ0v) is 20.8. The topological polar surface area (TPSA) is 98.2 Å². The van der Waals surface area contributed by atoms with Gasteiger partial charge in [-0.1, -0.05) is 23.5 Å². The van der Waals surface area contributed by atoms with Crippen molar-refractivity contribution in [1.29, 1.82) is 0 Å².